The Bertz CT molecular complexity index is 812. The molecule has 2 fully saturated rings. The highest BCUT2D eigenvalue weighted by atomic mass is 16.5. The highest BCUT2D eigenvalue weighted by Gasteiger charge is 2.25. The lowest BCUT2D eigenvalue weighted by atomic mass is 9.82. The van der Waals surface area contributed by atoms with Gasteiger partial charge in [0, 0.05) is 24.4 Å². The fraction of sp³-hybridized carbons (Fsp3) is 0.696. The summed E-state index contributed by atoms with van der Waals surface area (Å²) in [7, 11) is 0. The quantitative estimate of drug-likeness (QED) is 0.771. The first-order valence-corrected chi connectivity index (χ1v) is 11.3. The average Bonchev–Trinajstić information content (AvgIpc) is 2.74. The maximum atomic E-state index is 9.91. The van der Waals surface area contributed by atoms with Gasteiger partial charge in [-0.25, -0.2) is 15.0 Å². The molecule has 1 saturated carbocycles. The Hall–Kier alpha value is -1.79. The molecule has 158 valence electrons. The van der Waals surface area contributed by atoms with Crippen LogP contribution in [0.1, 0.15) is 76.1 Å². The Morgan fingerprint density at radius 1 is 1.07 bits per heavy atom. The maximum absolute atomic E-state index is 9.91. The molecule has 2 aromatic heterocycles. The zero-order valence-corrected chi connectivity index (χ0v) is 17.7. The highest BCUT2D eigenvalue weighted by molar-refractivity contribution is 5.85. The molecule has 1 aliphatic carbocycles. The molecular formula is C23H34N4O2. The molecule has 2 aromatic rings. The fourth-order valence-electron chi connectivity index (χ4n) is 4.44. The number of nitrogens with one attached hydrogen (secondary N) is 1. The molecular weight excluding hydrogens is 364 g/mol. The summed E-state index contributed by atoms with van der Waals surface area (Å²) in [6.07, 6.45) is 11.6. The van der Waals surface area contributed by atoms with E-state index < -0.39 is 0 Å². The van der Waals surface area contributed by atoms with Crippen LogP contribution in [0.3, 0.4) is 0 Å². The molecule has 1 saturated heterocycles. The lowest BCUT2D eigenvalue weighted by Gasteiger charge is -2.27. The van der Waals surface area contributed by atoms with Crippen LogP contribution < -0.4 is 10.1 Å². The first-order valence-electron chi connectivity index (χ1n) is 11.3. The van der Waals surface area contributed by atoms with Gasteiger partial charge in [0.15, 0.2) is 0 Å². The predicted molar refractivity (Wildman–Crippen MR) is 114 cm³/mol. The second-order valence-corrected chi connectivity index (χ2v) is 9.07. The van der Waals surface area contributed by atoms with Crippen LogP contribution in [0.5, 0.6) is 5.88 Å². The largest absolute Gasteiger partial charge is 0.474 e. The summed E-state index contributed by atoms with van der Waals surface area (Å²) in [6.45, 7) is 6.44. The molecule has 0 bridgehead atoms. The van der Waals surface area contributed by atoms with Crippen molar-refractivity contribution in [2.24, 2.45) is 5.92 Å². The van der Waals surface area contributed by atoms with Crippen molar-refractivity contribution >= 4 is 10.9 Å². The number of hydrogen-bond acceptors (Lipinski definition) is 6. The van der Waals surface area contributed by atoms with E-state index in [-0.39, 0.29) is 12.2 Å². The lowest BCUT2D eigenvalue weighted by molar-refractivity contribution is 0.122. The van der Waals surface area contributed by atoms with E-state index in [1.54, 1.807) is 0 Å². The standard InChI is InChI=1S/C23H34N4O2/c1-15(2)3-8-21-25-14-20-22(27-21)19(16-4-6-17(28)7-5-16)13-26-23(20)29-18-9-11-24-12-10-18/h13-18,24,28H,3-12H2,1-2H3. The van der Waals surface area contributed by atoms with Crippen LogP contribution in [0.4, 0.5) is 0 Å². The number of rotatable bonds is 6. The van der Waals surface area contributed by atoms with Gasteiger partial charge in [0.2, 0.25) is 5.88 Å². The van der Waals surface area contributed by atoms with Crippen molar-refractivity contribution in [3.05, 3.63) is 23.8 Å². The number of nitrogens with zero attached hydrogens (tertiary/aromatic N) is 3. The van der Waals surface area contributed by atoms with E-state index in [4.69, 9.17) is 14.7 Å². The van der Waals surface area contributed by atoms with Crippen molar-refractivity contribution in [1.29, 1.82) is 0 Å². The number of piperidine rings is 1. The number of aliphatic hydroxyl groups excluding tert-OH is 1. The lowest BCUT2D eigenvalue weighted by Crippen LogP contribution is -2.34. The van der Waals surface area contributed by atoms with Crippen LogP contribution in [-0.4, -0.2) is 45.4 Å². The first-order chi connectivity index (χ1) is 14.1. The van der Waals surface area contributed by atoms with Gasteiger partial charge in [0.05, 0.1) is 17.0 Å². The molecule has 3 heterocycles. The molecule has 0 aromatic carbocycles. The van der Waals surface area contributed by atoms with Gasteiger partial charge in [0.25, 0.3) is 0 Å². The van der Waals surface area contributed by atoms with E-state index in [1.807, 2.05) is 12.4 Å². The number of aryl methyl sites for hydroxylation is 1. The molecule has 0 atom stereocenters. The maximum Gasteiger partial charge on any atom is 0.224 e. The minimum atomic E-state index is -0.163. The van der Waals surface area contributed by atoms with Crippen molar-refractivity contribution in [2.75, 3.05) is 13.1 Å². The molecule has 4 rings (SSSR count). The summed E-state index contributed by atoms with van der Waals surface area (Å²) in [5.41, 5.74) is 2.19. The number of aromatic nitrogens is 3. The molecule has 29 heavy (non-hydrogen) atoms. The minimum absolute atomic E-state index is 0.163. The van der Waals surface area contributed by atoms with Crippen LogP contribution in [0.15, 0.2) is 12.4 Å². The summed E-state index contributed by atoms with van der Waals surface area (Å²) in [4.78, 5) is 14.4. The number of fused-ring (bicyclic) bond motifs is 1. The van der Waals surface area contributed by atoms with E-state index in [9.17, 15) is 5.11 Å². The van der Waals surface area contributed by atoms with Crippen molar-refractivity contribution in [2.45, 2.75) is 83.3 Å². The Kier molecular flexibility index (Phi) is 6.60. The fourth-order valence-corrected chi connectivity index (χ4v) is 4.44. The van der Waals surface area contributed by atoms with Crippen LogP contribution in [0.25, 0.3) is 10.9 Å². The van der Waals surface area contributed by atoms with Gasteiger partial charge in [0.1, 0.15) is 11.9 Å². The predicted octanol–water partition coefficient (Wildman–Crippen LogP) is 3.76. The van der Waals surface area contributed by atoms with Crippen molar-refractivity contribution in [3.8, 4) is 5.88 Å². The van der Waals surface area contributed by atoms with Crippen molar-refractivity contribution < 1.29 is 9.84 Å². The van der Waals surface area contributed by atoms with E-state index >= 15 is 0 Å². The SMILES string of the molecule is CC(C)CCc1ncc2c(OC3CCNCC3)ncc(C3CCC(O)CC3)c2n1. The smallest absolute Gasteiger partial charge is 0.224 e. The molecule has 0 spiro atoms. The molecule has 2 aliphatic rings. The normalized spacial score (nSPS) is 23.6. The Morgan fingerprint density at radius 2 is 1.83 bits per heavy atom. The van der Waals surface area contributed by atoms with Gasteiger partial charge in [-0.15, -0.1) is 0 Å². The topological polar surface area (TPSA) is 80.2 Å². The third-order valence-corrected chi connectivity index (χ3v) is 6.31. The summed E-state index contributed by atoms with van der Waals surface area (Å²) in [6, 6.07) is 0. The molecule has 1 aliphatic heterocycles. The van der Waals surface area contributed by atoms with E-state index in [0.29, 0.717) is 17.7 Å². The number of pyridine rings is 1. The van der Waals surface area contributed by atoms with Crippen molar-refractivity contribution in [3.63, 3.8) is 0 Å². The number of hydrogen-bond donors (Lipinski definition) is 2. The monoisotopic (exact) mass is 398 g/mol. The molecule has 0 unspecified atom stereocenters. The Balaban J connectivity index is 1.67. The zero-order chi connectivity index (χ0) is 20.2. The van der Waals surface area contributed by atoms with Gasteiger partial charge >= 0.3 is 0 Å². The summed E-state index contributed by atoms with van der Waals surface area (Å²) >= 11 is 0. The zero-order valence-electron chi connectivity index (χ0n) is 17.7. The second kappa shape index (κ2) is 9.35. The average molecular weight is 399 g/mol. The molecule has 6 heteroatoms. The molecule has 6 nitrogen and oxygen atoms in total. The summed E-state index contributed by atoms with van der Waals surface area (Å²) in [5.74, 6) is 2.60. The van der Waals surface area contributed by atoms with Gasteiger partial charge in [-0.05, 0) is 69.9 Å². The summed E-state index contributed by atoms with van der Waals surface area (Å²) in [5, 5.41) is 14.2. The van der Waals surface area contributed by atoms with Crippen molar-refractivity contribution in [1.82, 2.24) is 20.3 Å². The van der Waals surface area contributed by atoms with Gasteiger partial charge in [-0.1, -0.05) is 13.8 Å². The van der Waals surface area contributed by atoms with Gasteiger partial charge < -0.3 is 15.2 Å². The van der Waals surface area contributed by atoms with Crippen LogP contribution in [-0.2, 0) is 6.42 Å². The molecule has 2 N–H and O–H groups in total. The summed E-state index contributed by atoms with van der Waals surface area (Å²) < 4.78 is 6.29. The van der Waals surface area contributed by atoms with Crippen LogP contribution in [0.2, 0.25) is 0 Å². The third kappa shape index (κ3) is 5.04. The molecule has 0 radical (unpaired) electrons. The second-order valence-electron chi connectivity index (χ2n) is 9.07. The third-order valence-electron chi connectivity index (χ3n) is 6.31. The Labute approximate surface area is 173 Å². The first kappa shape index (κ1) is 20.5. The molecule has 0 amide bonds. The number of ether oxygens (including phenoxy) is 1. The van der Waals surface area contributed by atoms with E-state index in [0.717, 1.165) is 81.2 Å². The van der Waals surface area contributed by atoms with Crippen LogP contribution >= 0.6 is 0 Å². The van der Waals surface area contributed by atoms with E-state index in [2.05, 4.69) is 24.1 Å². The number of aliphatic hydroxyl groups is 1. The minimum Gasteiger partial charge on any atom is -0.474 e. The van der Waals surface area contributed by atoms with E-state index in [1.165, 1.54) is 5.56 Å². The van der Waals surface area contributed by atoms with Gasteiger partial charge in [-0.2, -0.15) is 0 Å². The van der Waals surface area contributed by atoms with Gasteiger partial charge in [-0.3, -0.25) is 0 Å². The highest BCUT2D eigenvalue weighted by Crippen LogP contribution is 2.37. The Morgan fingerprint density at radius 3 is 2.55 bits per heavy atom. The van der Waals surface area contributed by atoms with Crippen LogP contribution in [0, 0.1) is 5.92 Å².